The molecule has 52 valence electrons. The summed E-state index contributed by atoms with van der Waals surface area (Å²) in [5.74, 6) is 1.06. The Morgan fingerprint density at radius 3 is 2.33 bits per heavy atom. The molecule has 1 nitrogen and oxygen atoms in total. The number of hydrogen-bond acceptors (Lipinski definition) is 1. The number of hydrogen-bond donors (Lipinski definition) is 0. The average Bonchev–Trinajstić information content (AvgIpc) is 2.43. The molecule has 0 bridgehead atoms. The lowest BCUT2D eigenvalue weighted by molar-refractivity contribution is 0.516. The smallest absolute Gasteiger partial charge is 0.103 e. The number of rotatable bonds is 1. The van der Waals surface area contributed by atoms with Crippen molar-refractivity contribution in [1.82, 2.24) is 0 Å². The number of aryl methyl sites for hydroxylation is 1. The number of furan rings is 1. The summed E-state index contributed by atoms with van der Waals surface area (Å²) < 4.78 is 4.98. The van der Waals surface area contributed by atoms with Gasteiger partial charge < -0.3 is 4.42 Å². The topological polar surface area (TPSA) is 13.1 Å². The van der Waals surface area contributed by atoms with Gasteiger partial charge in [0.15, 0.2) is 0 Å². The second-order valence-electron chi connectivity index (χ2n) is 1.43. The van der Waals surface area contributed by atoms with Crippen molar-refractivity contribution in [2.45, 2.75) is 27.2 Å². The Hall–Kier alpha value is -0.720. The zero-order valence-corrected chi connectivity index (χ0v) is 6.35. The van der Waals surface area contributed by atoms with Crippen LogP contribution in [0.2, 0.25) is 0 Å². The molecule has 9 heavy (non-hydrogen) atoms. The molecule has 0 fully saturated rings. The predicted octanol–water partition coefficient (Wildman–Crippen LogP) is 2.87. The van der Waals surface area contributed by atoms with Crippen LogP contribution in [0.25, 0.3) is 0 Å². The van der Waals surface area contributed by atoms with E-state index in [1.54, 1.807) is 6.26 Å². The molecule has 1 rings (SSSR count). The van der Waals surface area contributed by atoms with E-state index < -0.39 is 0 Å². The van der Waals surface area contributed by atoms with Gasteiger partial charge in [0.2, 0.25) is 0 Å². The van der Waals surface area contributed by atoms with Crippen LogP contribution in [0.15, 0.2) is 22.8 Å². The van der Waals surface area contributed by atoms with Crippen LogP contribution in [0.1, 0.15) is 26.5 Å². The van der Waals surface area contributed by atoms with Crippen molar-refractivity contribution in [2.24, 2.45) is 0 Å². The van der Waals surface area contributed by atoms with E-state index >= 15 is 0 Å². The third-order valence-corrected chi connectivity index (χ3v) is 0.929. The Balaban J connectivity index is 0.000000291. The maximum absolute atomic E-state index is 4.98. The Morgan fingerprint density at radius 2 is 2.11 bits per heavy atom. The summed E-state index contributed by atoms with van der Waals surface area (Å²) in [7, 11) is 0. The van der Waals surface area contributed by atoms with Crippen molar-refractivity contribution in [2.75, 3.05) is 0 Å². The Bertz CT molecular complexity index is 119. The van der Waals surface area contributed by atoms with Gasteiger partial charge in [-0.05, 0) is 12.1 Å². The lowest BCUT2D eigenvalue weighted by Crippen LogP contribution is -1.66. The van der Waals surface area contributed by atoms with E-state index in [1.165, 1.54) is 0 Å². The molecule has 0 unspecified atom stereocenters. The molecule has 0 aliphatic rings. The Kier molecular flexibility index (Phi) is 4.98. The highest BCUT2D eigenvalue weighted by Crippen LogP contribution is 1.98. The highest BCUT2D eigenvalue weighted by Gasteiger charge is 1.84. The minimum Gasteiger partial charge on any atom is -0.469 e. The van der Waals surface area contributed by atoms with E-state index in [4.69, 9.17) is 4.42 Å². The first kappa shape index (κ1) is 8.28. The highest BCUT2D eigenvalue weighted by molar-refractivity contribution is 4.96. The predicted molar refractivity (Wildman–Crippen MR) is 39.4 cm³/mol. The van der Waals surface area contributed by atoms with E-state index in [-0.39, 0.29) is 0 Å². The van der Waals surface area contributed by atoms with E-state index in [2.05, 4.69) is 6.92 Å². The lowest BCUT2D eigenvalue weighted by atomic mass is 10.4. The third-order valence-electron chi connectivity index (χ3n) is 0.929. The molecular weight excluding hydrogens is 112 g/mol. The zero-order chi connectivity index (χ0) is 7.11. The van der Waals surface area contributed by atoms with E-state index in [1.807, 2.05) is 26.0 Å². The maximum atomic E-state index is 4.98. The second kappa shape index (κ2) is 5.42. The molecule has 0 aromatic carbocycles. The summed E-state index contributed by atoms with van der Waals surface area (Å²) >= 11 is 0. The van der Waals surface area contributed by atoms with Crippen LogP contribution in [0.5, 0.6) is 0 Å². The molecule has 0 amide bonds. The first-order valence-electron chi connectivity index (χ1n) is 3.46. The molecule has 0 atom stereocenters. The van der Waals surface area contributed by atoms with Gasteiger partial charge in [-0.15, -0.1) is 0 Å². The highest BCUT2D eigenvalue weighted by atomic mass is 16.3. The molecule has 1 heteroatoms. The summed E-state index contributed by atoms with van der Waals surface area (Å²) in [5, 5.41) is 0. The maximum Gasteiger partial charge on any atom is 0.103 e. The molecule has 0 saturated heterocycles. The summed E-state index contributed by atoms with van der Waals surface area (Å²) in [6, 6.07) is 3.87. The van der Waals surface area contributed by atoms with Gasteiger partial charge in [-0.1, -0.05) is 20.8 Å². The van der Waals surface area contributed by atoms with Crippen LogP contribution in [0, 0.1) is 0 Å². The standard InChI is InChI=1S/C6H8O.C2H6/c1-2-6-4-3-5-7-6;1-2/h3-5H,2H2,1H3;1-2H3. The second-order valence-corrected chi connectivity index (χ2v) is 1.43. The van der Waals surface area contributed by atoms with E-state index in [0.717, 1.165) is 12.2 Å². The molecule has 0 aliphatic carbocycles. The van der Waals surface area contributed by atoms with Crippen molar-refractivity contribution in [3.63, 3.8) is 0 Å². The molecule has 0 N–H and O–H groups in total. The average molecular weight is 126 g/mol. The third kappa shape index (κ3) is 2.96. The van der Waals surface area contributed by atoms with Crippen molar-refractivity contribution in [3.8, 4) is 0 Å². The molecule has 0 aliphatic heterocycles. The van der Waals surface area contributed by atoms with Gasteiger partial charge in [0.1, 0.15) is 5.76 Å². The Labute approximate surface area is 56.7 Å². The fourth-order valence-corrected chi connectivity index (χ4v) is 0.514. The molecule has 1 aromatic rings. The monoisotopic (exact) mass is 126 g/mol. The van der Waals surface area contributed by atoms with Gasteiger partial charge in [-0.25, -0.2) is 0 Å². The SMILES string of the molecule is CC.CCc1ccco1. The minimum absolute atomic E-state index is 0.993. The molecule has 0 radical (unpaired) electrons. The summed E-state index contributed by atoms with van der Waals surface area (Å²) in [6.07, 6.45) is 2.69. The minimum atomic E-state index is 0.993. The van der Waals surface area contributed by atoms with Gasteiger partial charge in [0.05, 0.1) is 6.26 Å². The first-order chi connectivity index (χ1) is 4.43. The van der Waals surface area contributed by atoms with Crippen LogP contribution >= 0.6 is 0 Å². The van der Waals surface area contributed by atoms with Crippen LogP contribution in [-0.2, 0) is 6.42 Å². The summed E-state index contributed by atoms with van der Waals surface area (Å²) in [5.41, 5.74) is 0. The van der Waals surface area contributed by atoms with Gasteiger partial charge in [-0.2, -0.15) is 0 Å². The van der Waals surface area contributed by atoms with Gasteiger partial charge in [-0.3, -0.25) is 0 Å². The van der Waals surface area contributed by atoms with Crippen molar-refractivity contribution >= 4 is 0 Å². The molecule has 1 aromatic heterocycles. The largest absolute Gasteiger partial charge is 0.469 e. The fraction of sp³-hybridized carbons (Fsp3) is 0.500. The van der Waals surface area contributed by atoms with Crippen molar-refractivity contribution in [3.05, 3.63) is 24.2 Å². The van der Waals surface area contributed by atoms with Gasteiger partial charge >= 0.3 is 0 Å². The molecule has 1 heterocycles. The van der Waals surface area contributed by atoms with Crippen LogP contribution in [-0.4, -0.2) is 0 Å². The molecule has 0 saturated carbocycles. The summed E-state index contributed by atoms with van der Waals surface area (Å²) in [4.78, 5) is 0. The van der Waals surface area contributed by atoms with Crippen LogP contribution in [0.3, 0.4) is 0 Å². The normalized spacial score (nSPS) is 7.89. The molecule has 0 spiro atoms. The molecular formula is C8H14O. The summed E-state index contributed by atoms with van der Waals surface area (Å²) in [6.45, 7) is 6.07. The van der Waals surface area contributed by atoms with E-state index in [9.17, 15) is 0 Å². The van der Waals surface area contributed by atoms with Crippen molar-refractivity contribution < 1.29 is 4.42 Å². The van der Waals surface area contributed by atoms with Crippen LogP contribution < -0.4 is 0 Å². The fourth-order valence-electron chi connectivity index (χ4n) is 0.514. The van der Waals surface area contributed by atoms with E-state index in [0.29, 0.717) is 0 Å². The van der Waals surface area contributed by atoms with Crippen molar-refractivity contribution in [1.29, 1.82) is 0 Å². The quantitative estimate of drug-likeness (QED) is 0.564. The lowest BCUT2D eigenvalue weighted by Gasteiger charge is -1.79. The zero-order valence-electron chi connectivity index (χ0n) is 6.35. The Morgan fingerprint density at radius 1 is 1.44 bits per heavy atom. The first-order valence-corrected chi connectivity index (χ1v) is 3.46. The van der Waals surface area contributed by atoms with Gasteiger partial charge in [0, 0.05) is 6.42 Å². The van der Waals surface area contributed by atoms with Gasteiger partial charge in [0.25, 0.3) is 0 Å². The van der Waals surface area contributed by atoms with Crippen LogP contribution in [0.4, 0.5) is 0 Å².